The van der Waals surface area contributed by atoms with Crippen molar-refractivity contribution in [3.8, 4) is 5.75 Å². The van der Waals surface area contributed by atoms with Gasteiger partial charge in [0.15, 0.2) is 0 Å². The molecule has 3 aromatic rings. The van der Waals surface area contributed by atoms with Gasteiger partial charge in [0.1, 0.15) is 12.3 Å². The number of aryl methyl sites for hydroxylation is 2. The first-order valence-corrected chi connectivity index (χ1v) is 12.4. The Morgan fingerprint density at radius 1 is 1.00 bits per heavy atom. The van der Waals surface area contributed by atoms with E-state index in [2.05, 4.69) is 5.32 Å². The molecule has 0 spiro atoms. The zero-order chi connectivity index (χ0) is 24.0. The Balaban J connectivity index is 1.85. The Morgan fingerprint density at radius 2 is 1.73 bits per heavy atom. The molecule has 0 heterocycles. The molecule has 0 saturated carbocycles. The van der Waals surface area contributed by atoms with Gasteiger partial charge in [-0.05, 0) is 86.0 Å². The molecule has 0 aliphatic heterocycles. The number of hydrogen-bond donors (Lipinski definition) is 1. The number of rotatable bonds is 9. The molecule has 33 heavy (non-hydrogen) atoms. The maximum absolute atomic E-state index is 13.5. The van der Waals surface area contributed by atoms with Gasteiger partial charge in [-0.2, -0.15) is 0 Å². The van der Waals surface area contributed by atoms with Crippen LogP contribution in [0.1, 0.15) is 23.6 Å². The number of hydrogen-bond acceptors (Lipinski definition) is 4. The summed E-state index contributed by atoms with van der Waals surface area (Å²) in [4.78, 5) is 12.9. The van der Waals surface area contributed by atoms with E-state index < -0.39 is 15.9 Å². The summed E-state index contributed by atoms with van der Waals surface area (Å²) in [6, 6.07) is 18.6. The van der Waals surface area contributed by atoms with Gasteiger partial charge in [0.2, 0.25) is 5.91 Å². The maximum Gasteiger partial charge on any atom is 0.264 e. The smallest absolute Gasteiger partial charge is 0.264 e. The minimum absolute atomic E-state index is 0.0577. The second-order valence-corrected chi connectivity index (χ2v) is 9.89. The Labute approximate surface area is 200 Å². The van der Waals surface area contributed by atoms with Crippen LogP contribution in [0.3, 0.4) is 0 Å². The zero-order valence-electron chi connectivity index (χ0n) is 18.8. The lowest BCUT2D eigenvalue weighted by atomic mass is 10.1. The Bertz CT molecular complexity index is 1230. The number of benzene rings is 3. The van der Waals surface area contributed by atoms with Crippen molar-refractivity contribution >= 4 is 33.2 Å². The molecule has 3 aromatic carbocycles. The predicted molar refractivity (Wildman–Crippen MR) is 131 cm³/mol. The standard InChI is InChI=1S/C25H27ClN2O4S/c1-4-32-23-7-5-6-20(15-23)16-27-25(29)17-28(22-11-8-18(2)19(3)14-22)33(30,31)24-12-9-21(26)10-13-24/h5-15H,4,16-17H2,1-3H3,(H,27,29). The number of carbonyl (C=O) groups is 1. The topological polar surface area (TPSA) is 75.7 Å². The van der Waals surface area contributed by atoms with Crippen LogP contribution in [0.4, 0.5) is 5.69 Å². The van der Waals surface area contributed by atoms with Gasteiger partial charge in [-0.3, -0.25) is 9.10 Å². The lowest BCUT2D eigenvalue weighted by molar-refractivity contribution is -0.119. The van der Waals surface area contributed by atoms with Crippen molar-refractivity contribution in [3.63, 3.8) is 0 Å². The number of halogens is 1. The van der Waals surface area contributed by atoms with E-state index in [1.54, 1.807) is 12.1 Å². The van der Waals surface area contributed by atoms with Crippen molar-refractivity contribution in [1.82, 2.24) is 5.32 Å². The van der Waals surface area contributed by atoms with Gasteiger partial charge in [0.05, 0.1) is 17.2 Å². The summed E-state index contributed by atoms with van der Waals surface area (Å²) >= 11 is 5.93. The molecular weight excluding hydrogens is 460 g/mol. The second kappa shape index (κ2) is 10.7. The van der Waals surface area contributed by atoms with Crippen LogP contribution in [-0.4, -0.2) is 27.5 Å². The fourth-order valence-corrected chi connectivity index (χ4v) is 4.77. The van der Waals surface area contributed by atoms with Gasteiger partial charge < -0.3 is 10.1 Å². The monoisotopic (exact) mass is 486 g/mol. The molecule has 174 valence electrons. The molecule has 3 rings (SSSR count). The fraction of sp³-hybridized carbons (Fsp3) is 0.240. The molecule has 0 unspecified atom stereocenters. The van der Waals surface area contributed by atoms with E-state index in [1.807, 2.05) is 51.1 Å². The van der Waals surface area contributed by atoms with Gasteiger partial charge in [-0.25, -0.2) is 8.42 Å². The van der Waals surface area contributed by atoms with Crippen LogP contribution in [0.25, 0.3) is 0 Å². The minimum atomic E-state index is -4.00. The van der Waals surface area contributed by atoms with Crippen LogP contribution < -0.4 is 14.4 Å². The van der Waals surface area contributed by atoms with Crippen LogP contribution in [0.5, 0.6) is 5.75 Å². The highest BCUT2D eigenvalue weighted by Gasteiger charge is 2.27. The summed E-state index contributed by atoms with van der Waals surface area (Å²) in [5, 5.41) is 3.23. The Morgan fingerprint density at radius 3 is 2.39 bits per heavy atom. The SMILES string of the molecule is CCOc1cccc(CNC(=O)CN(c2ccc(C)c(C)c2)S(=O)(=O)c2ccc(Cl)cc2)c1. The van der Waals surface area contributed by atoms with Gasteiger partial charge in [0.25, 0.3) is 10.0 Å². The van der Waals surface area contributed by atoms with Gasteiger partial charge in [-0.15, -0.1) is 0 Å². The third-order valence-corrected chi connectivity index (χ3v) is 7.21. The van der Waals surface area contributed by atoms with Crippen LogP contribution in [-0.2, 0) is 21.4 Å². The molecule has 0 fully saturated rings. The van der Waals surface area contributed by atoms with E-state index >= 15 is 0 Å². The highest BCUT2D eigenvalue weighted by molar-refractivity contribution is 7.92. The number of amides is 1. The number of nitrogens with one attached hydrogen (secondary N) is 1. The summed E-state index contributed by atoms with van der Waals surface area (Å²) in [7, 11) is -4.00. The lowest BCUT2D eigenvalue weighted by Crippen LogP contribution is -2.40. The lowest BCUT2D eigenvalue weighted by Gasteiger charge is -2.25. The van der Waals surface area contributed by atoms with Crippen molar-refractivity contribution in [2.45, 2.75) is 32.2 Å². The van der Waals surface area contributed by atoms with Gasteiger partial charge >= 0.3 is 0 Å². The Hall–Kier alpha value is -3.03. The molecule has 6 nitrogen and oxygen atoms in total. The third-order valence-electron chi connectivity index (χ3n) is 5.17. The van der Waals surface area contributed by atoms with E-state index in [0.29, 0.717) is 23.1 Å². The first-order valence-electron chi connectivity index (χ1n) is 10.5. The number of sulfonamides is 1. The molecule has 0 atom stereocenters. The molecule has 0 aliphatic rings. The van der Waals surface area contributed by atoms with E-state index in [1.165, 1.54) is 24.3 Å². The number of anilines is 1. The summed E-state index contributed by atoms with van der Waals surface area (Å²) in [5.74, 6) is 0.291. The molecule has 0 aromatic heterocycles. The fourth-order valence-electron chi connectivity index (χ4n) is 3.23. The molecule has 8 heteroatoms. The number of carbonyl (C=O) groups excluding carboxylic acids is 1. The second-order valence-electron chi connectivity index (χ2n) is 7.59. The molecule has 0 radical (unpaired) electrons. The van der Waals surface area contributed by atoms with Crippen LogP contribution >= 0.6 is 11.6 Å². The Kier molecular flexibility index (Phi) is 8.00. The van der Waals surface area contributed by atoms with Crippen molar-refractivity contribution in [1.29, 1.82) is 0 Å². The zero-order valence-corrected chi connectivity index (χ0v) is 20.4. The van der Waals surface area contributed by atoms with Gasteiger partial charge in [-0.1, -0.05) is 29.8 Å². The van der Waals surface area contributed by atoms with Crippen molar-refractivity contribution in [3.05, 3.63) is 88.4 Å². The van der Waals surface area contributed by atoms with Gasteiger partial charge in [0, 0.05) is 11.6 Å². The quantitative estimate of drug-likeness (QED) is 0.468. The highest BCUT2D eigenvalue weighted by atomic mass is 35.5. The number of ether oxygens (including phenoxy) is 1. The molecule has 0 saturated heterocycles. The minimum Gasteiger partial charge on any atom is -0.494 e. The molecule has 1 amide bonds. The number of nitrogens with zero attached hydrogens (tertiary/aromatic N) is 1. The molecule has 0 bridgehead atoms. The summed E-state index contributed by atoms with van der Waals surface area (Å²) < 4.78 is 33.5. The van der Waals surface area contributed by atoms with Crippen molar-refractivity contribution < 1.29 is 17.9 Å². The first-order chi connectivity index (χ1) is 15.7. The average Bonchev–Trinajstić information content (AvgIpc) is 2.79. The van der Waals surface area contributed by atoms with Crippen LogP contribution in [0, 0.1) is 13.8 Å². The van der Waals surface area contributed by atoms with E-state index in [-0.39, 0.29) is 18.0 Å². The van der Waals surface area contributed by atoms with Crippen molar-refractivity contribution in [2.75, 3.05) is 17.5 Å². The predicted octanol–water partition coefficient (Wildman–Crippen LogP) is 4.87. The average molecular weight is 487 g/mol. The van der Waals surface area contributed by atoms with E-state index in [0.717, 1.165) is 21.0 Å². The van der Waals surface area contributed by atoms with Crippen molar-refractivity contribution in [2.24, 2.45) is 0 Å². The largest absolute Gasteiger partial charge is 0.494 e. The maximum atomic E-state index is 13.5. The van der Waals surface area contributed by atoms with E-state index in [9.17, 15) is 13.2 Å². The first kappa shape index (κ1) is 24.6. The van der Waals surface area contributed by atoms with Crippen LogP contribution in [0.15, 0.2) is 71.6 Å². The molecule has 1 N–H and O–H groups in total. The third kappa shape index (κ3) is 6.27. The molecular formula is C25H27ClN2O4S. The summed E-state index contributed by atoms with van der Waals surface area (Å²) in [6.45, 7) is 6.18. The van der Waals surface area contributed by atoms with E-state index in [4.69, 9.17) is 16.3 Å². The summed E-state index contributed by atoms with van der Waals surface area (Å²) in [6.07, 6.45) is 0. The normalized spacial score (nSPS) is 11.2. The highest BCUT2D eigenvalue weighted by Crippen LogP contribution is 2.26. The molecule has 0 aliphatic carbocycles. The summed E-state index contributed by atoms with van der Waals surface area (Å²) in [5.41, 5.74) is 3.23. The van der Waals surface area contributed by atoms with Crippen LogP contribution in [0.2, 0.25) is 5.02 Å².